The Balaban J connectivity index is 3.50. The van der Waals surface area contributed by atoms with Gasteiger partial charge in [0.1, 0.15) is 10.7 Å². The zero-order valence-electron chi connectivity index (χ0n) is 6.05. The van der Waals surface area contributed by atoms with E-state index in [1.165, 1.54) is 0 Å². The summed E-state index contributed by atoms with van der Waals surface area (Å²) < 4.78 is 25.5. The molecule has 70 valence electrons. The predicted molar refractivity (Wildman–Crippen MR) is 42.4 cm³/mol. The predicted octanol–water partition coefficient (Wildman–Crippen LogP) is 2.11. The highest BCUT2D eigenvalue weighted by atomic mass is 35.5. The van der Waals surface area contributed by atoms with Crippen molar-refractivity contribution in [1.29, 1.82) is 0 Å². The van der Waals surface area contributed by atoms with Crippen LogP contribution in [0.25, 0.3) is 0 Å². The van der Waals surface area contributed by atoms with Crippen molar-refractivity contribution in [3.8, 4) is 0 Å². The first-order valence-corrected chi connectivity index (χ1v) is 3.40. The lowest BCUT2D eigenvalue weighted by atomic mass is 10.2. The van der Waals surface area contributed by atoms with Gasteiger partial charge in [0.15, 0.2) is 11.6 Å². The van der Waals surface area contributed by atoms with Gasteiger partial charge in [0.25, 0.3) is 5.69 Å². The highest BCUT2D eigenvalue weighted by Gasteiger charge is 2.21. The molecule has 0 spiro atoms. The van der Waals surface area contributed by atoms with Crippen molar-refractivity contribution < 1.29 is 13.7 Å². The number of nitrogens with two attached hydrogens (primary N) is 1. The quantitative estimate of drug-likeness (QED) is 0.333. The maximum atomic E-state index is 12.8. The molecular formula is C6H3ClF2N2O2. The van der Waals surface area contributed by atoms with Crippen LogP contribution in [0.1, 0.15) is 0 Å². The summed E-state index contributed by atoms with van der Waals surface area (Å²) >= 11 is 5.11. The molecule has 1 aromatic carbocycles. The van der Waals surface area contributed by atoms with Crippen LogP contribution in [-0.2, 0) is 0 Å². The van der Waals surface area contributed by atoms with Crippen molar-refractivity contribution in [3.05, 3.63) is 32.8 Å². The Morgan fingerprint density at radius 2 is 2.08 bits per heavy atom. The van der Waals surface area contributed by atoms with Crippen LogP contribution in [-0.4, -0.2) is 4.92 Å². The first-order valence-electron chi connectivity index (χ1n) is 3.02. The Bertz CT molecular complexity index is 383. The number of nitro groups is 1. The molecule has 1 aromatic rings. The van der Waals surface area contributed by atoms with Crippen LogP contribution in [0.15, 0.2) is 6.07 Å². The highest BCUT2D eigenvalue weighted by Crippen LogP contribution is 2.31. The summed E-state index contributed by atoms with van der Waals surface area (Å²) in [5.74, 6) is -2.52. The van der Waals surface area contributed by atoms with Crippen LogP contribution in [0.2, 0.25) is 5.02 Å². The van der Waals surface area contributed by atoms with Gasteiger partial charge in [-0.2, -0.15) is 0 Å². The summed E-state index contributed by atoms with van der Waals surface area (Å²) in [6.07, 6.45) is 0. The number of nitrogen functional groups attached to an aromatic ring is 1. The molecule has 0 aromatic heterocycles. The molecule has 13 heavy (non-hydrogen) atoms. The van der Waals surface area contributed by atoms with Gasteiger partial charge in [0.2, 0.25) is 0 Å². The first kappa shape index (κ1) is 9.66. The third-order valence-corrected chi connectivity index (χ3v) is 1.72. The van der Waals surface area contributed by atoms with E-state index in [9.17, 15) is 18.9 Å². The van der Waals surface area contributed by atoms with Crippen molar-refractivity contribution in [2.45, 2.75) is 0 Å². The molecule has 0 aliphatic heterocycles. The van der Waals surface area contributed by atoms with Crippen LogP contribution in [0, 0.1) is 21.7 Å². The van der Waals surface area contributed by atoms with Crippen LogP contribution < -0.4 is 5.73 Å². The van der Waals surface area contributed by atoms with E-state index in [2.05, 4.69) is 0 Å². The second-order valence-corrected chi connectivity index (χ2v) is 2.55. The number of hydrogen-bond acceptors (Lipinski definition) is 3. The summed E-state index contributed by atoms with van der Waals surface area (Å²) in [6.45, 7) is 0. The summed E-state index contributed by atoms with van der Waals surface area (Å²) in [6, 6.07) is 0.473. The smallest absolute Gasteiger partial charge is 0.298 e. The number of halogens is 3. The minimum atomic E-state index is -1.31. The number of nitrogens with zero attached hydrogens (tertiary/aromatic N) is 1. The highest BCUT2D eigenvalue weighted by molar-refractivity contribution is 6.31. The third-order valence-electron chi connectivity index (χ3n) is 1.37. The molecule has 0 atom stereocenters. The van der Waals surface area contributed by atoms with Crippen LogP contribution in [0.3, 0.4) is 0 Å². The molecular weight excluding hydrogens is 206 g/mol. The van der Waals surface area contributed by atoms with Crippen LogP contribution >= 0.6 is 11.6 Å². The fourth-order valence-electron chi connectivity index (χ4n) is 0.748. The number of hydrogen-bond donors (Lipinski definition) is 1. The lowest BCUT2D eigenvalue weighted by Crippen LogP contribution is -2.00. The normalized spacial score (nSPS) is 10.1. The molecule has 0 amide bonds. The fraction of sp³-hybridized carbons (Fsp3) is 0. The van der Waals surface area contributed by atoms with Crippen molar-refractivity contribution in [1.82, 2.24) is 0 Å². The number of anilines is 1. The molecule has 4 nitrogen and oxygen atoms in total. The molecule has 7 heteroatoms. The van der Waals surface area contributed by atoms with Gasteiger partial charge in [-0.3, -0.25) is 10.1 Å². The van der Waals surface area contributed by atoms with E-state index in [0.29, 0.717) is 6.07 Å². The van der Waals surface area contributed by atoms with Gasteiger partial charge >= 0.3 is 0 Å². The summed E-state index contributed by atoms with van der Waals surface area (Å²) in [5.41, 5.74) is 3.38. The molecule has 0 unspecified atom stereocenters. The van der Waals surface area contributed by atoms with Crippen molar-refractivity contribution in [2.24, 2.45) is 0 Å². The van der Waals surface area contributed by atoms with E-state index in [1.54, 1.807) is 0 Å². The Morgan fingerprint density at radius 1 is 1.54 bits per heavy atom. The van der Waals surface area contributed by atoms with E-state index < -0.39 is 33.0 Å². The summed E-state index contributed by atoms with van der Waals surface area (Å²) in [4.78, 5) is 9.20. The zero-order valence-corrected chi connectivity index (χ0v) is 6.81. The minimum Gasteiger partial charge on any atom is -0.391 e. The van der Waals surface area contributed by atoms with Gasteiger partial charge in [-0.15, -0.1) is 0 Å². The molecule has 0 bridgehead atoms. The average Bonchev–Trinajstić information content (AvgIpc) is 2.07. The topological polar surface area (TPSA) is 69.2 Å². The minimum absolute atomic E-state index is 0.473. The van der Waals surface area contributed by atoms with Crippen molar-refractivity contribution in [3.63, 3.8) is 0 Å². The number of nitro benzene ring substituents is 1. The third kappa shape index (κ3) is 1.52. The molecule has 1 rings (SSSR count). The molecule has 0 heterocycles. The molecule has 0 aliphatic rings. The second-order valence-electron chi connectivity index (χ2n) is 2.18. The monoisotopic (exact) mass is 208 g/mol. The Labute approximate surface area is 76.1 Å². The van der Waals surface area contributed by atoms with Gasteiger partial charge in [-0.25, -0.2) is 8.78 Å². The maximum Gasteiger partial charge on any atom is 0.298 e. The van der Waals surface area contributed by atoms with Gasteiger partial charge in [-0.1, -0.05) is 11.6 Å². The Hall–Kier alpha value is -1.43. The largest absolute Gasteiger partial charge is 0.391 e. The lowest BCUT2D eigenvalue weighted by molar-refractivity contribution is -0.384. The van der Waals surface area contributed by atoms with E-state index in [1.807, 2.05) is 0 Å². The van der Waals surface area contributed by atoms with E-state index in [-0.39, 0.29) is 0 Å². The van der Waals surface area contributed by atoms with Crippen molar-refractivity contribution in [2.75, 3.05) is 5.73 Å². The van der Waals surface area contributed by atoms with Gasteiger partial charge < -0.3 is 5.73 Å². The number of rotatable bonds is 1. The summed E-state index contributed by atoms with van der Waals surface area (Å²) in [5, 5.41) is 9.34. The Morgan fingerprint density at radius 3 is 2.54 bits per heavy atom. The fourth-order valence-corrected chi connectivity index (χ4v) is 0.904. The Kier molecular flexibility index (Phi) is 2.33. The average molecular weight is 209 g/mol. The molecule has 0 fully saturated rings. The van der Waals surface area contributed by atoms with Gasteiger partial charge in [0, 0.05) is 0 Å². The zero-order chi connectivity index (χ0) is 10.2. The van der Waals surface area contributed by atoms with E-state index in [0.717, 1.165) is 0 Å². The molecule has 0 saturated heterocycles. The molecule has 0 saturated carbocycles. The SMILES string of the molecule is Nc1c([N+](=O)[O-])cc(F)c(Cl)c1F. The standard InChI is InChI=1S/C6H3ClF2N2O2/c7-4-2(8)1-3(11(12)13)6(10)5(4)9/h1H,10H2. The molecule has 0 aliphatic carbocycles. The van der Waals surface area contributed by atoms with Gasteiger partial charge in [0.05, 0.1) is 11.0 Å². The molecule has 0 radical (unpaired) electrons. The van der Waals surface area contributed by atoms with Crippen LogP contribution in [0.4, 0.5) is 20.2 Å². The maximum absolute atomic E-state index is 12.8. The van der Waals surface area contributed by atoms with Crippen LogP contribution in [0.5, 0.6) is 0 Å². The van der Waals surface area contributed by atoms with Gasteiger partial charge in [-0.05, 0) is 0 Å². The second kappa shape index (κ2) is 3.14. The van der Waals surface area contributed by atoms with E-state index >= 15 is 0 Å². The lowest BCUT2D eigenvalue weighted by Gasteiger charge is -2.01. The number of benzene rings is 1. The summed E-state index contributed by atoms with van der Waals surface area (Å²) in [7, 11) is 0. The van der Waals surface area contributed by atoms with Crippen molar-refractivity contribution >= 4 is 23.0 Å². The molecule has 2 N–H and O–H groups in total. The first-order chi connectivity index (χ1) is 5.95. The van der Waals surface area contributed by atoms with E-state index in [4.69, 9.17) is 17.3 Å².